The van der Waals surface area contributed by atoms with E-state index in [9.17, 15) is 0 Å². The van der Waals surface area contributed by atoms with Crippen LogP contribution in [0.1, 0.15) is 26.3 Å². The third-order valence-corrected chi connectivity index (χ3v) is 4.30. The summed E-state index contributed by atoms with van der Waals surface area (Å²) in [6, 6.07) is 8.50. The lowest BCUT2D eigenvalue weighted by Crippen LogP contribution is -2.26. The van der Waals surface area contributed by atoms with Crippen molar-refractivity contribution >= 4 is 39.0 Å². The quantitative estimate of drug-likeness (QED) is 0.627. The minimum atomic E-state index is -0.100. The van der Waals surface area contributed by atoms with Crippen molar-refractivity contribution in [2.45, 2.75) is 33.2 Å². The van der Waals surface area contributed by atoms with E-state index in [1.807, 2.05) is 0 Å². The number of aromatic nitrogens is 2. The van der Waals surface area contributed by atoms with Crippen molar-refractivity contribution in [1.29, 1.82) is 0 Å². The highest BCUT2D eigenvalue weighted by Crippen LogP contribution is 2.38. The molecule has 5 heteroatoms. The summed E-state index contributed by atoms with van der Waals surface area (Å²) in [4.78, 5) is 9.68. The fourth-order valence-electron chi connectivity index (χ4n) is 2.31. The zero-order valence-electron chi connectivity index (χ0n) is 13.1. The fraction of sp³-hybridized carbons (Fsp3) is 0.294. The molecule has 0 radical (unpaired) electrons. The first-order valence-corrected chi connectivity index (χ1v) is 8.39. The van der Waals surface area contributed by atoms with Gasteiger partial charge in [0.25, 0.3) is 0 Å². The number of anilines is 1. The Hall–Kier alpha value is -1.65. The number of thiophene rings is 1. The van der Waals surface area contributed by atoms with Crippen LogP contribution >= 0.6 is 22.9 Å². The van der Waals surface area contributed by atoms with Crippen LogP contribution in [0.2, 0.25) is 5.28 Å². The molecule has 22 heavy (non-hydrogen) atoms. The molecule has 0 aliphatic carbocycles. The summed E-state index contributed by atoms with van der Waals surface area (Å²) in [6.07, 6.45) is 0. The number of aryl methyl sites for hydroxylation is 1. The van der Waals surface area contributed by atoms with E-state index in [1.165, 1.54) is 11.1 Å². The summed E-state index contributed by atoms with van der Waals surface area (Å²) < 4.78 is 0. The lowest BCUT2D eigenvalue weighted by atomic mass is 10.0. The maximum absolute atomic E-state index is 6.07. The van der Waals surface area contributed by atoms with Gasteiger partial charge in [0.15, 0.2) is 0 Å². The van der Waals surface area contributed by atoms with Crippen LogP contribution in [0.5, 0.6) is 0 Å². The third kappa shape index (κ3) is 3.08. The third-order valence-electron chi connectivity index (χ3n) is 3.26. The van der Waals surface area contributed by atoms with E-state index in [1.54, 1.807) is 11.3 Å². The SMILES string of the molecule is Cc1ccc(-c2csc3nc(Cl)nc(NC(C)(C)C)c23)cc1. The standard InChI is InChI=1S/C17H18ClN3S/c1-10-5-7-11(8-6-10)12-9-22-15-13(12)14(19-16(18)20-15)21-17(2,3)4/h5-9H,1-4H3,(H,19,20,21). The molecule has 3 aromatic rings. The molecule has 0 saturated heterocycles. The molecule has 0 fully saturated rings. The van der Waals surface area contributed by atoms with Crippen LogP contribution in [0.15, 0.2) is 29.6 Å². The highest BCUT2D eigenvalue weighted by atomic mass is 35.5. The zero-order valence-corrected chi connectivity index (χ0v) is 14.6. The second-order valence-corrected chi connectivity index (χ2v) is 7.61. The lowest BCUT2D eigenvalue weighted by Gasteiger charge is -2.22. The van der Waals surface area contributed by atoms with Crippen molar-refractivity contribution in [3.05, 3.63) is 40.5 Å². The maximum atomic E-state index is 6.07. The number of hydrogen-bond acceptors (Lipinski definition) is 4. The van der Waals surface area contributed by atoms with Crippen molar-refractivity contribution in [3.8, 4) is 11.1 Å². The topological polar surface area (TPSA) is 37.8 Å². The van der Waals surface area contributed by atoms with Crippen LogP contribution in [0.4, 0.5) is 5.82 Å². The summed E-state index contributed by atoms with van der Waals surface area (Å²) in [7, 11) is 0. The molecule has 0 spiro atoms. The van der Waals surface area contributed by atoms with Gasteiger partial charge in [-0.25, -0.2) is 9.97 Å². The Bertz CT molecular complexity index is 816. The lowest BCUT2D eigenvalue weighted by molar-refractivity contribution is 0.631. The van der Waals surface area contributed by atoms with Gasteiger partial charge in [-0.3, -0.25) is 0 Å². The Balaban J connectivity index is 2.22. The molecular formula is C17H18ClN3S. The van der Waals surface area contributed by atoms with Gasteiger partial charge in [-0.1, -0.05) is 29.8 Å². The van der Waals surface area contributed by atoms with Gasteiger partial charge < -0.3 is 5.32 Å². The predicted octanol–water partition coefficient (Wildman–Crippen LogP) is 5.53. The Morgan fingerprint density at radius 3 is 2.41 bits per heavy atom. The van der Waals surface area contributed by atoms with E-state index in [-0.39, 0.29) is 10.8 Å². The van der Waals surface area contributed by atoms with Gasteiger partial charge in [0.1, 0.15) is 10.6 Å². The normalized spacial score (nSPS) is 11.9. The van der Waals surface area contributed by atoms with Crippen LogP contribution in [0, 0.1) is 6.92 Å². The molecule has 0 aliphatic heterocycles. The van der Waals surface area contributed by atoms with E-state index in [0.29, 0.717) is 0 Å². The van der Waals surface area contributed by atoms with Crippen LogP contribution in [-0.4, -0.2) is 15.5 Å². The molecule has 1 aromatic carbocycles. The number of nitrogens with zero attached hydrogens (tertiary/aromatic N) is 2. The number of hydrogen-bond donors (Lipinski definition) is 1. The number of rotatable bonds is 2. The van der Waals surface area contributed by atoms with E-state index < -0.39 is 0 Å². The van der Waals surface area contributed by atoms with Crippen LogP contribution in [-0.2, 0) is 0 Å². The largest absolute Gasteiger partial charge is 0.365 e. The Kier molecular flexibility index (Phi) is 3.83. The number of fused-ring (bicyclic) bond motifs is 1. The minimum absolute atomic E-state index is 0.100. The van der Waals surface area contributed by atoms with Gasteiger partial charge in [0.05, 0.1) is 5.39 Å². The molecule has 114 valence electrons. The molecule has 0 aliphatic rings. The van der Waals surface area contributed by atoms with Crippen molar-refractivity contribution in [3.63, 3.8) is 0 Å². The minimum Gasteiger partial charge on any atom is -0.365 e. The van der Waals surface area contributed by atoms with Gasteiger partial charge in [0.2, 0.25) is 5.28 Å². The summed E-state index contributed by atoms with van der Waals surface area (Å²) in [5.74, 6) is 0.791. The Morgan fingerprint density at radius 2 is 1.77 bits per heavy atom. The molecule has 1 N–H and O–H groups in total. The van der Waals surface area contributed by atoms with Crippen molar-refractivity contribution < 1.29 is 0 Å². The highest BCUT2D eigenvalue weighted by molar-refractivity contribution is 7.17. The monoisotopic (exact) mass is 331 g/mol. The first-order valence-electron chi connectivity index (χ1n) is 7.13. The first-order chi connectivity index (χ1) is 10.3. The molecule has 0 saturated carbocycles. The summed E-state index contributed by atoms with van der Waals surface area (Å²) in [5, 5.41) is 6.87. The summed E-state index contributed by atoms with van der Waals surface area (Å²) in [5.41, 5.74) is 3.45. The highest BCUT2D eigenvalue weighted by Gasteiger charge is 2.18. The smallest absolute Gasteiger partial charge is 0.225 e. The summed E-state index contributed by atoms with van der Waals surface area (Å²) in [6.45, 7) is 8.40. The Labute approximate surface area is 139 Å². The molecule has 0 unspecified atom stereocenters. The fourth-order valence-corrected chi connectivity index (χ4v) is 3.47. The van der Waals surface area contributed by atoms with Crippen molar-refractivity contribution in [2.75, 3.05) is 5.32 Å². The van der Waals surface area contributed by atoms with Crippen LogP contribution < -0.4 is 5.32 Å². The number of nitrogens with one attached hydrogen (secondary N) is 1. The van der Waals surface area contributed by atoms with Gasteiger partial charge in [-0.2, -0.15) is 0 Å². The van der Waals surface area contributed by atoms with Crippen LogP contribution in [0.25, 0.3) is 21.3 Å². The molecule has 0 amide bonds. The molecule has 0 atom stereocenters. The molecule has 3 rings (SSSR count). The molecule has 2 heterocycles. The molecule has 2 aromatic heterocycles. The summed E-state index contributed by atoms with van der Waals surface area (Å²) >= 11 is 7.66. The van der Waals surface area contributed by atoms with E-state index in [2.05, 4.69) is 72.6 Å². The molecular weight excluding hydrogens is 314 g/mol. The van der Waals surface area contributed by atoms with E-state index in [0.717, 1.165) is 21.6 Å². The average Bonchev–Trinajstić information content (AvgIpc) is 2.81. The van der Waals surface area contributed by atoms with Gasteiger partial charge in [-0.15, -0.1) is 11.3 Å². The van der Waals surface area contributed by atoms with Crippen molar-refractivity contribution in [1.82, 2.24) is 9.97 Å². The first kappa shape index (κ1) is 15.3. The van der Waals surface area contributed by atoms with Gasteiger partial charge >= 0.3 is 0 Å². The second kappa shape index (κ2) is 5.52. The van der Waals surface area contributed by atoms with E-state index >= 15 is 0 Å². The average molecular weight is 332 g/mol. The molecule has 0 bridgehead atoms. The predicted molar refractivity (Wildman–Crippen MR) is 96.0 cm³/mol. The van der Waals surface area contributed by atoms with Crippen LogP contribution in [0.3, 0.4) is 0 Å². The van der Waals surface area contributed by atoms with Crippen molar-refractivity contribution in [2.24, 2.45) is 0 Å². The number of benzene rings is 1. The Morgan fingerprint density at radius 1 is 1.09 bits per heavy atom. The zero-order chi connectivity index (χ0) is 15.9. The van der Waals surface area contributed by atoms with Gasteiger partial charge in [0, 0.05) is 16.5 Å². The van der Waals surface area contributed by atoms with Gasteiger partial charge in [-0.05, 0) is 44.9 Å². The maximum Gasteiger partial charge on any atom is 0.225 e. The second-order valence-electron chi connectivity index (χ2n) is 6.41. The number of halogens is 1. The van der Waals surface area contributed by atoms with E-state index in [4.69, 9.17) is 11.6 Å². The molecule has 3 nitrogen and oxygen atoms in total.